The fraction of sp³-hybridized carbons (Fsp3) is 0.429. The molecule has 0 saturated carbocycles. The van der Waals surface area contributed by atoms with Crippen molar-refractivity contribution in [3.63, 3.8) is 0 Å². The van der Waals surface area contributed by atoms with E-state index in [0.717, 1.165) is 18.7 Å². The maximum atomic E-state index is 13.0. The molecule has 2 aliphatic heterocycles. The number of ketones is 1. The molecule has 2 aromatic heterocycles. The molecule has 1 atom stereocenters. The summed E-state index contributed by atoms with van der Waals surface area (Å²) in [6.45, 7) is 7.41. The maximum absolute atomic E-state index is 13.0. The van der Waals surface area contributed by atoms with E-state index >= 15 is 0 Å². The summed E-state index contributed by atoms with van der Waals surface area (Å²) in [5.41, 5.74) is 2.48. The number of ether oxygens (including phenoxy) is 1. The van der Waals surface area contributed by atoms with Crippen LogP contribution < -0.4 is 0 Å². The number of aromatic nitrogens is 3. The molecule has 2 aliphatic rings. The van der Waals surface area contributed by atoms with Crippen LogP contribution in [0, 0.1) is 13.8 Å². The fourth-order valence-electron chi connectivity index (χ4n) is 4.11. The van der Waals surface area contributed by atoms with Crippen molar-refractivity contribution < 1.29 is 19.4 Å². The van der Waals surface area contributed by atoms with Gasteiger partial charge >= 0.3 is 0 Å². The molecule has 2 N–H and O–H groups in total. The third-order valence-electron chi connectivity index (χ3n) is 5.69. The summed E-state index contributed by atoms with van der Waals surface area (Å²) in [5, 5.41) is 18.0. The number of amides is 1. The zero-order valence-corrected chi connectivity index (χ0v) is 17.1. The number of rotatable bonds is 5. The van der Waals surface area contributed by atoms with Gasteiger partial charge < -0.3 is 14.7 Å². The number of pyridine rings is 1. The second-order valence-corrected chi connectivity index (χ2v) is 7.54. The maximum Gasteiger partial charge on any atom is 0.295 e. The molecule has 0 bridgehead atoms. The number of Topliss-reactive ketones (excluding diaryl/α,β-unsaturated/α-hetero) is 1. The molecule has 0 aliphatic carbocycles. The molecule has 2 aromatic rings. The third-order valence-corrected chi connectivity index (χ3v) is 5.69. The number of nitrogens with one attached hydrogen (secondary N) is 1. The lowest BCUT2D eigenvalue weighted by atomic mass is 9.95. The van der Waals surface area contributed by atoms with Crippen molar-refractivity contribution in [2.24, 2.45) is 0 Å². The van der Waals surface area contributed by atoms with Gasteiger partial charge in [-0.2, -0.15) is 5.10 Å². The van der Waals surface area contributed by atoms with Crippen LogP contribution >= 0.6 is 0 Å². The van der Waals surface area contributed by atoms with Gasteiger partial charge in [0.25, 0.3) is 11.7 Å². The van der Waals surface area contributed by atoms with Gasteiger partial charge in [-0.25, -0.2) is 0 Å². The molecule has 9 heteroatoms. The number of H-pyrrole nitrogens is 1. The van der Waals surface area contributed by atoms with Crippen LogP contribution in [0.4, 0.5) is 0 Å². The Morgan fingerprint density at radius 3 is 2.53 bits per heavy atom. The monoisotopic (exact) mass is 411 g/mol. The number of carbonyl (C=O) groups excluding carboxylic acids is 2. The van der Waals surface area contributed by atoms with Gasteiger partial charge in [-0.1, -0.05) is 0 Å². The van der Waals surface area contributed by atoms with Gasteiger partial charge in [-0.15, -0.1) is 0 Å². The van der Waals surface area contributed by atoms with Crippen LogP contribution in [0.25, 0.3) is 5.76 Å². The molecule has 0 aromatic carbocycles. The summed E-state index contributed by atoms with van der Waals surface area (Å²) in [5.74, 6) is -1.49. The average molecular weight is 411 g/mol. The Bertz CT molecular complexity index is 959. The molecule has 0 spiro atoms. The average Bonchev–Trinajstić information content (AvgIpc) is 3.23. The van der Waals surface area contributed by atoms with Gasteiger partial charge in [0.15, 0.2) is 0 Å². The Balaban J connectivity index is 1.74. The minimum atomic E-state index is -0.684. The number of hydrogen-bond acceptors (Lipinski definition) is 7. The van der Waals surface area contributed by atoms with Crippen molar-refractivity contribution in [1.29, 1.82) is 0 Å². The summed E-state index contributed by atoms with van der Waals surface area (Å²) in [6, 6.07) is 2.85. The lowest BCUT2D eigenvalue weighted by molar-refractivity contribution is -0.140. The van der Waals surface area contributed by atoms with E-state index in [1.807, 2.05) is 0 Å². The Kier molecular flexibility index (Phi) is 5.65. The van der Waals surface area contributed by atoms with E-state index in [1.54, 1.807) is 43.3 Å². The predicted octanol–water partition coefficient (Wildman–Crippen LogP) is 1.18. The number of nitrogens with zero attached hydrogens (tertiary/aromatic N) is 4. The van der Waals surface area contributed by atoms with Crippen molar-refractivity contribution in [2.75, 3.05) is 39.4 Å². The minimum absolute atomic E-state index is 0.0841. The first-order valence-electron chi connectivity index (χ1n) is 9.99. The van der Waals surface area contributed by atoms with Crippen molar-refractivity contribution in [3.05, 3.63) is 52.6 Å². The van der Waals surface area contributed by atoms with Gasteiger partial charge in [0.05, 0.1) is 36.1 Å². The number of morpholine rings is 1. The van der Waals surface area contributed by atoms with Crippen molar-refractivity contribution >= 4 is 17.4 Å². The number of aliphatic hydroxyl groups excluding tert-OH is 1. The number of likely N-dealkylation sites (tertiary alicyclic amines) is 1. The number of aliphatic hydroxyl groups is 1. The lowest BCUT2D eigenvalue weighted by Crippen LogP contribution is -2.42. The van der Waals surface area contributed by atoms with E-state index in [4.69, 9.17) is 4.74 Å². The van der Waals surface area contributed by atoms with Gasteiger partial charge in [0.1, 0.15) is 5.76 Å². The van der Waals surface area contributed by atoms with E-state index in [-0.39, 0.29) is 11.3 Å². The number of aromatic amines is 1. The number of aryl methyl sites for hydroxylation is 2. The van der Waals surface area contributed by atoms with E-state index in [0.29, 0.717) is 43.3 Å². The zero-order valence-electron chi connectivity index (χ0n) is 17.1. The topological polar surface area (TPSA) is 112 Å². The number of carbonyl (C=O) groups is 2. The highest BCUT2D eigenvalue weighted by atomic mass is 16.5. The Morgan fingerprint density at radius 1 is 1.20 bits per heavy atom. The van der Waals surface area contributed by atoms with Crippen molar-refractivity contribution in [3.8, 4) is 0 Å². The third kappa shape index (κ3) is 3.61. The zero-order chi connectivity index (χ0) is 21.3. The smallest absolute Gasteiger partial charge is 0.295 e. The van der Waals surface area contributed by atoms with Crippen LogP contribution in [0.2, 0.25) is 0 Å². The van der Waals surface area contributed by atoms with Gasteiger partial charge in [0, 0.05) is 44.3 Å². The molecule has 158 valence electrons. The van der Waals surface area contributed by atoms with Crippen LogP contribution in [0.3, 0.4) is 0 Å². The molecule has 30 heavy (non-hydrogen) atoms. The first-order chi connectivity index (χ1) is 14.5. The summed E-state index contributed by atoms with van der Waals surface area (Å²) >= 11 is 0. The standard InChI is InChI=1S/C21H25N5O4/c1-13-16(14(2)24-23-13)19(27)17-18(15-3-5-22-6-4-15)26(21(29)20(17)28)8-7-25-9-11-30-12-10-25/h3-6,18,27H,7-12H2,1-2H3,(H,23,24)/t18-/m1/s1. The summed E-state index contributed by atoms with van der Waals surface area (Å²) in [6.07, 6.45) is 3.23. The second-order valence-electron chi connectivity index (χ2n) is 7.54. The second kappa shape index (κ2) is 8.37. The highest BCUT2D eigenvalue weighted by molar-refractivity contribution is 6.46. The molecule has 1 amide bonds. The van der Waals surface area contributed by atoms with Gasteiger partial charge in [-0.05, 0) is 31.5 Å². The quantitative estimate of drug-likeness (QED) is 0.432. The van der Waals surface area contributed by atoms with Crippen LogP contribution in [-0.4, -0.2) is 81.2 Å². The molecule has 4 heterocycles. The largest absolute Gasteiger partial charge is 0.507 e. The first-order valence-corrected chi connectivity index (χ1v) is 9.99. The SMILES string of the molecule is Cc1n[nH]c(C)c1C(O)=C1C(=O)C(=O)N(CCN2CCOCC2)[C@@H]1c1ccncc1. The van der Waals surface area contributed by atoms with E-state index in [9.17, 15) is 14.7 Å². The fourth-order valence-corrected chi connectivity index (χ4v) is 4.11. The van der Waals surface area contributed by atoms with E-state index < -0.39 is 17.7 Å². The molecule has 0 radical (unpaired) electrons. The van der Waals surface area contributed by atoms with E-state index in [2.05, 4.69) is 20.1 Å². The number of hydrogen-bond donors (Lipinski definition) is 2. The summed E-state index contributed by atoms with van der Waals surface area (Å²) < 4.78 is 5.38. The van der Waals surface area contributed by atoms with Crippen LogP contribution in [0.5, 0.6) is 0 Å². The van der Waals surface area contributed by atoms with E-state index in [1.165, 1.54) is 0 Å². The Labute approximate surface area is 174 Å². The molecule has 2 saturated heterocycles. The molecule has 4 rings (SSSR count). The van der Waals surface area contributed by atoms with Gasteiger partial charge in [-0.3, -0.25) is 24.6 Å². The summed E-state index contributed by atoms with van der Waals surface area (Å²) in [7, 11) is 0. The predicted molar refractivity (Wildman–Crippen MR) is 109 cm³/mol. The summed E-state index contributed by atoms with van der Waals surface area (Å²) in [4.78, 5) is 33.8. The molecular weight excluding hydrogens is 386 g/mol. The normalized spacial score (nSPS) is 22.1. The highest BCUT2D eigenvalue weighted by Crippen LogP contribution is 2.39. The molecule has 2 fully saturated rings. The van der Waals surface area contributed by atoms with Crippen LogP contribution in [0.1, 0.15) is 28.6 Å². The molecule has 0 unspecified atom stereocenters. The molecule has 9 nitrogen and oxygen atoms in total. The molecular formula is C21H25N5O4. The van der Waals surface area contributed by atoms with Crippen LogP contribution in [-0.2, 0) is 14.3 Å². The lowest BCUT2D eigenvalue weighted by Gasteiger charge is -2.30. The minimum Gasteiger partial charge on any atom is -0.507 e. The first kappa shape index (κ1) is 20.2. The van der Waals surface area contributed by atoms with Crippen LogP contribution in [0.15, 0.2) is 30.1 Å². The van der Waals surface area contributed by atoms with Gasteiger partial charge in [0.2, 0.25) is 0 Å². The Hall–Kier alpha value is -3.04. The Morgan fingerprint density at radius 2 is 1.90 bits per heavy atom. The highest BCUT2D eigenvalue weighted by Gasteiger charge is 2.46. The van der Waals surface area contributed by atoms with Crippen molar-refractivity contribution in [2.45, 2.75) is 19.9 Å². The van der Waals surface area contributed by atoms with Crippen molar-refractivity contribution in [1.82, 2.24) is 25.0 Å².